The van der Waals surface area contributed by atoms with Gasteiger partial charge in [0.15, 0.2) is 15.4 Å². The van der Waals surface area contributed by atoms with Crippen molar-refractivity contribution in [1.29, 1.82) is 5.26 Å². The largest absolute Gasteiger partial charge is 0.417 e. The number of nitrogens with zero attached hydrogens (tertiary/aromatic N) is 4. The predicted octanol–water partition coefficient (Wildman–Crippen LogP) is 5.79. The van der Waals surface area contributed by atoms with Crippen molar-refractivity contribution in [2.24, 2.45) is 0 Å². The normalized spacial score (nSPS) is 14.3. The van der Waals surface area contributed by atoms with Gasteiger partial charge in [-0.05, 0) is 85.8 Å². The maximum atomic E-state index is 14.9. The minimum atomic E-state index is -4.89. The summed E-state index contributed by atoms with van der Waals surface area (Å²) in [6.07, 6.45) is -1.77. The van der Waals surface area contributed by atoms with Crippen LogP contribution in [0.5, 0.6) is 0 Å². The maximum absolute atomic E-state index is 14.9. The van der Waals surface area contributed by atoms with Gasteiger partial charge in [-0.15, -0.1) is 0 Å². The van der Waals surface area contributed by atoms with Gasteiger partial charge in [0.25, 0.3) is 17.4 Å². The lowest BCUT2D eigenvalue weighted by Crippen LogP contribution is -2.50. The first-order chi connectivity index (χ1) is 29.4. The first-order valence-corrected chi connectivity index (χ1v) is 21.3. The quantitative estimate of drug-likeness (QED) is 0.0915. The SMILES string of the molecule is CC(O)(CS(=O)(=O)c1ccc(CCCCCC(=O)N2CCN(C(=O)c3cc(Cc4n[nH]c(=O)c5ccccc45)ccc3F)CC2)cc1)C(=O)Nc1ccc(C#N)c(C(F)(F)F)c1. The molecule has 1 fully saturated rings. The van der Waals surface area contributed by atoms with E-state index in [0.717, 1.165) is 24.6 Å². The third-order valence-corrected chi connectivity index (χ3v) is 12.6. The molecule has 0 aliphatic carbocycles. The van der Waals surface area contributed by atoms with E-state index in [1.807, 2.05) is 0 Å². The number of carbonyl (C=O) groups excluding carboxylic acids is 3. The van der Waals surface area contributed by atoms with Crippen LogP contribution in [0.4, 0.5) is 23.2 Å². The number of alkyl halides is 3. The Morgan fingerprint density at radius 1 is 0.887 bits per heavy atom. The fraction of sp³-hybridized carbons (Fsp3) is 0.318. The van der Waals surface area contributed by atoms with Crippen LogP contribution in [0.25, 0.3) is 10.8 Å². The maximum Gasteiger partial charge on any atom is 0.417 e. The van der Waals surface area contributed by atoms with Crippen LogP contribution < -0.4 is 10.9 Å². The van der Waals surface area contributed by atoms with Crippen molar-refractivity contribution in [3.8, 4) is 6.07 Å². The van der Waals surface area contributed by atoms with Gasteiger partial charge < -0.3 is 20.2 Å². The molecule has 18 heteroatoms. The molecule has 1 saturated heterocycles. The number of rotatable bonds is 14. The highest BCUT2D eigenvalue weighted by Gasteiger charge is 2.38. The fourth-order valence-corrected chi connectivity index (χ4v) is 8.81. The van der Waals surface area contributed by atoms with Crippen LogP contribution in [0.2, 0.25) is 0 Å². The van der Waals surface area contributed by atoms with Crippen molar-refractivity contribution >= 4 is 44.0 Å². The number of hydrogen-bond acceptors (Lipinski definition) is 9. The van der Waals surface area contributed by atoms with E-state index in [-0.39, 0.29) is 53.5 Å². The highest BCUT2D eigenvalue weighted by molar-refractivity contribution is 7.91. The third-order valence-electron chi connectivity index (χ3n) is 10.6. The number of anilines is 1. The molecular weight excluding hydrogens is 833 g/mol. The zero-order chi connectivity index (χ0) is 44.8. The Labute approximate surface area is 353 Å². The summed E-state index contributed by atoms with van der Waals surface area (Å²) >= 11 is 0. The number of nitriles is 1. The summed E-state index contributed by atoms with van der Waals surface area (Å²) in [7, 11) is -4.23. The Morgan fingerprint density at radius 3 is 2.23 bits per heavy atom. The zero-order valence-electron chi connectivity index (χ0n) is 33.5. The fourth-order valence-electron chi connectivity index (χ4n) is 7.22. The predicted molar refractivity (Wildman–Crippen MR) is 220 cm³/mol. The van der Waals surface area contributed by atoms with Gasteiger partial charge in [-0.25, -0.2) is 17.9 Å². The van der Waals surface area contributed by atoms with E-state index < -0.39 is 56.1 Å². The molecule has 2 heterocycles. The van der Waals surface area contributed by atoms with Gasteiger partial charge in [0.2, 0.25) is 5.91 Å². The Balaban J connectivity index is 0.926. The highest BCUT2D eigenvalue weighted by atomic mass is 32.2. The number of aryl methyl sites for hydroxylation is 1. The number of aromatic amines is 1. The van der Waals surface area contributed by atoms with Crippen molar-refractivity contribution in [2.75, 3.05) is 37.2 Å². The number of carbonyl (C=O) groups is 3. The van der Waals surface area contributed by atoms with E-state index >= 15 is 0 Å². The highest BCUT2D eigenvalue weighted by Crippen LogP contribution is 2.34. The van der Waals surface area contributed by atoms with Gasteiger partial charge >= 0.3 is 6.18 Å². The van der Waals surface area contributed by atoms with Crippen LogP contribution in [0.3, 0.4) is 0 Å². The van der Waals surface area contributed by atoms with Crippen LogP contribution in [0.1, 0.15) is 70.9 Å². The first-order valence-electron chi connectivity index (χ1n) is 19.6. The molecule has 62 heavy (non-hydrogen) atoms. The molecule has 0 saturated carbocycles. The number of unbranched alkanes of at least 4 members (excludes halogenated alkanes) is 2. The second kappa shape index (κ2) is 18.7. The molecule has 1 atom stereocenters. The molecule has 0 bridgehead atoms. The second-order valence-corrected chi connectivity index (χ2v) is 17.3. The summed E-state index contributed by atoms with van der Waals surface area (Å²) in [6, 6.07) is 21.0. The molecule has 4 aromatic carbocycles. The molecule has 1 aliphatic heterocycles. The van der Waals surface area contributed by atoms with E-state index in [1.165, 1.54) is 35.2 Å². The van der Waals surface area contributed by atoms with E-state index in [4.69, 9.17) is 5.26 Å². The molecule has 0 spiro atoms. The van der Waals surface area contributed by atoms with E-state index in [2.05, 4.69) is 15.5 Å². The van der Waals surface area contributed by atoms with Crippen molar-refractivity contribution in [2.45, 2.75) is 62.1 Å². The summed E-state index contributed by atoms with van der Waals surface area (Å²) in [5.74, 6) is -3.52. The number of sulfone groups is 1. The number of piperazine rings is 1. The summed E-state index contributed by atoms with van der Waals surface area (Å²) in [5, 5.41) is 29.6. The Bertz CT molecular complexity index is 2710. The molecule has 3 amide bonds. The van der Waals surface area contributed by atoms with Gasteiger partial charge in [0.1, 0.15) is 5.82 Å². The lowest BCUT2D eigenvalue weighted by Gasteiger charge is -2.35. The number of aromatic nitrogens is 2. The summed E-state index contributed by atoms with van der Waals surface area (Å²) in [4.78, 5) is 54.4. The van der Waals surface area contributed by atoms with Gasteiger partial charge in [0.05, 0.1) is 44.5 Å². The molecule has 324 valence electrons. The minimum absolute atomic E-state index is 0.0620. The van der Waals surface area contributed by atoms with Crippen molar-refractivity contribution < 1.29 is 45.5 Å². The number of nitrogens with one attached hydrogen (secondary N) is 2. The molecule has 13 nitrogen and oxygen atoms in total. The number of benzene rings is 4. The molecule has 3 N–H and O–H groups in total. The van der Waals surface area contributed by atoms with Crippen LogP contribution in [-0.4, -0.2) is 88.8 Å². The van der Waals surface area contributed by atoms with Crippen molar-refractivity contribution in [1.82, 2.24) is 20.0 Å². The Hall–Kier alpha value is -6.45. The average molecular weight is 875 g/mol. The molecule has 1 aromatic heterocycles. The van der Waals surface area contributed by atoms with Gasteiger partial charge in [-0.1, -0.05) is 42.8 Å². The molecule has 1 unspecified atom stereocenters. The number of amides is 3. The van der Waals surface area contributed by atoms with Crippen molar-refractivity contribution in [3.05, 3.63) is 135 Å². The molecular formula is C44H42F4N6O7S. The number of fused-ring (bicyclic) bond motifs is 1. The van der Waals surface area contributed by atoms with E-state index in [9.17, 15) is 50.3 Å². The smallest absolute Gasteiger partial charge is 0.379 e. The summed E-state index contributed by atoms with van der Waals surface area (Å²) < 4.78 is 81.2. The molecule has 5 aromatic rings. The Morgan fingerprint density at radius 2 is 1.55 bits per heavy atom. The average Bonchev–Trinajstić information content (AvgIpc) is 3.24. The lowest BCUT2D eigenvalue weighted by molar-refractivity contribution is -0.138. The van der Waals surface area contributed by atoms with Crippen LogP contribution in [-0.2, 0) is 38.4 Å². The number of halogens is 4. The van der Waals surface area contributed by atoms with Gasteiger partial charge in [-0.2, -0.15) is 23.5 Å². The topological polar surface area (TPSA) is 194 Å². The Kier molecular flexibility index (Phi) is 13.6. The summed E-state index contributed by atoms with van der Waals surface area (Å²) in [5.41, 5.74) is -3.25. The number of hydrogen-bond donors (Lipinski definition) is 3. The van der Waals surface area contributed by atoms with E-state index in [0.29, 0.717) is 66.9 Å². The van der Waals surface area contributed by atoms with Gasteiger partial charge in [0, 0.05) is 50.1 Å². The monoisotopic (exact) mass is 874 g/mol. The standard InChI is InChI=1S/C44H42F4N6O7S/c1-43(59,42(58)50-31-15-14-30(26-49)36(25-31)44(46,47)48)27-62(60,61)32-16-11-28(12-17-32)7-3-2-4-10-39(55)53-19-21-54(22-20-53)41(57)35-23-29(13-18-37(35)45)24-38-33-8-5-6-9-34(33)40(56)52-51-38/h5-6,8-9,11-18,23,25,59H,2-4,7,10,19-22,24,27H2,1H3,(H,50,58)(H,52,56). The number of aliphatic hydroxyl groups is 1. The molecule has 1 aliphatic rings. The van der Waals surface area contributed by atoms with E-state index in [1.54, 1.807) is 47.4 Å². The molecule has 6 rings (SSSR count). The zero-order valence-corrected chi connectivity index (χ0v) is 34.3. The van der Waals surface area contributed by atoms with Crippen molar-refractivity contribution in [3.63, 3.8) is 0 Å². The van der Waals surface area contributed by atoms with Crippen LogP contribution >= 0.6 is 0 Å². The second-order valence-electron chi connectivity index (χ2n) is 15.3. The minimum Gasteiger partial charge on any atom is -0.379 e. The van der Waals surface area contributed by atoms with Gasteiger partial charge in [-0.3, -0.25) is 19.2 Å². The molecule has 0 radical (unpaired) electrons. The summed E-state index contributed by atoms with van der Waals surface area (Å²) in [6.45, 7) is 2.00. The lowest BCUT2D eigenvalue weighted by atomic mass is 10.0. The first kappa shape index (κ1) is 45.1. The third kappa shape index (κ3) is 10.7. The number of H-pyrrole nitrogens is 1. The van der Waals surface area contributed by atoms with Crippen LogP contribution in [0.15, 0.2) is 94.6 Å². The van der Waals surface area contributed by atoms with Crippen LogP contribution in [0, 0.1) is 17.1 Å².